The van der Waals surface area contributed by atoms with Crippen molar-refractivity contribution in [3.63, 3.8) is 0 Å². The molecule has 0 radical (unpaired) electrons. The lowest BCUT2D eigenvalue weighted by Crippen LogP contribution is -2.30. The van der Waals surface area contributed by atoms with Gasteiger partial charge >= 0.3 is 5.97 Å². The number of benzene rings is 1. The number of anilines is 2. The van der Waals surface area contributed by atoms with E-state index in [2.05, 4.69) is 30.4 Å². The highest BCUT2D eigenvalue weighted by Crippen LogP contribution is 2.34. The van der Waals surface area contributed by atoms with Gasteiger partial charge < -0.3 is 10.0 Å². The number of nitrogens with zero attached hydrogens (tertiary/aromatic N) is 1. The molecule has 0 spiro atoms. The fraction of sp³-hybridized carbons (Fsp3) is 0.588. The maximum Gasteiger partial charge on any atom is 0.336 e. The van der Waals surface area contributed by atoms with Gasteiger partial charge in [-0.15, -0.1) is 0 Å². The normalized spacial score (nSPS) is 11.6. The van der Waals surface area contributed by atoms with Crippen LogP contribution in [0.1, 0.15) is 50.0 Å². The minimum atomic E-state index is -3.52. The molecule has 1 aromatic carbocycles. The summed E-state index contributed by atoms with van der Waals surface area (Å²) in [4.78, 5) is 13.6. The molecular formula is C17H28N2O4S. The van der Waals surface area contributed by atoms with Gasteiger partial charge in [0.1, 0.15) is 0 Å². The number of hydrogen-bond donors (Lipinski definition) is 2. The van der Waals surface area contributed by atoms with Crippen LogP contribution >= 0.6 is 0 Å². The van der Waals surface area contributed by atoms with Crippen LogP contribution in [0.25, 0.3) is 0 Å². The van der Waals surface area contributed by atoms with Crippen LogP contribution in [0.4, 0.5) is 11.4 Å². The number of rotatable bonds is 9. The molecule has 0 bridgehead atoms. The van der Waals surface area contributed by atoms with Crippen molar-refractivity contribution in [3.8, 4) is 0 Å². The molecule has 0 aliphatic carbocycles. The molecule has 0 heterocycles. The van der Waals surface area contributed by atoms with Gasteiger partial charge in [-0.2, -0.15) is 0 Å². The molecule has 24 heavy (non-hydrogen) atoms. The fourth-order valence-corrected chi connectivity index (χ4v) is 3.39. The SMILES string of the molecule is CCCN(CC(C)C)c1ccc(C(=O)O)c(CC)c1NS(C)(=O)=O. The molecule has 1 aromatic rings. The molecule has 0 aromatic heterocycles. The van der Waals surface area contributed by atoms with Gasteiger partial charge in [0.15, 0.2) is 0 Å². The summed E-state index contributed by atoms with van der Waals surface area (Å²) in [7, 11) is -3.52. The highest BCUT2D eigenvalue weighted by atomic mass is 32.2. The van der Waals surface area contributed by atoms with Gasteiger partial charge in [0.25, 0.3) is 0 Å². The Labute approximate surface area is 144 Å². The third-order valence-electron chi connectivity index (χ3n) is 3.58. The van der Waals surface area contributed by atoms with Crippen molar-refractivity contribution in [2.45, 2.75) is 40.5 Å². The molecule has 0 aliphatic rings. The topological polar surface area (TPSA) is 86.7 Å². The van der Waals surface area contributed by atoms with Crippen LogP contribution in [0.3, 0.4) is 0 Å². The summed E-state index contributed by atoms with van der Waals surface area (Å²) in [6.07, 6.45) is 2.42. The number of hydrogen-bond acceptors (Lipinski definition) is 4. The molecule has 2 N–H and O–H groups in total. The third kappa shape index (κ3) is 5.40. The summed E-state index contributed by atoms with van der Waals surface area (Å²) in [5, 5.41) is 9.41. The van der Waals surface area contributed by atoms with E-state index in [4.69, 9.17) is 0 Å². The van der Waals surface area contributed by atoms with Crippen molar-refractivity contribution in [2.75, 3.05) is 29.0 Å². The summed E-state index contributed by atoms with van der Waals surface area (Å²) in [6, 6.07) is 3.26. The van der Waals surface area contributed by atoms with E-state index in [-0.39, 0.29) is 5.56 Å². The minimum absolute atomic E-state index is 0.133. The third-order valence-corrected chi connectivity index (χ3v) is 4.16. The van der Waals surface area contributed by atoms with Crippen molar-refractivity contribution in [2.24, 2.45) is 5.92 Å². The van der Waals surface area contributed by atoms with E-state index >= 15 is 0 Å². The zero-order valence-corrected chi connectivity index (χ0v) is 15.9. The molecule has 7 heteroatoms. The number of nitrogens with one attached hydrogen (secondary N) is 1. The molecule has 0 atom stereocenters. The Morgan fingerprint density at radius 2 is 1.92 bits per heavy atom. The van der Waals surface area contributed by atoms with Crippen molar-refractivity contribution < 1.29 is 18.3 Å². The smallest absolute Gasteiger partial charge is 0.336 e. The Morgan fingerprint density at radius 1 is 1.29 bits per heavy atom. The highest BCUT2D eigenvalue weighted by Gasteiger charge is 2.22. The van der Waals surface area contributed by atoms with Gasteiger partial charge in [-0.05, 0) is 36.5 Å². The first-order valence-electron chi connectivity index (χ1n) is 8.22. The van der Waals surface area contributed by atoms with Gasteiger partial charge in [0.05, 0.1) is 23.2 Å². The summed E-state index contributed by atoms with van der Waals surface area (Å²) in [6.45, 7) is 9.61. The summed E-state index contributed by atoms with van der Waals surface area (Å²) in [5.41, 5.74) is 1.76. The maximum atomic E-state index is 11.8. The molecule has 6 nitrogen and oxygen atoms in total. The van der Waals surface area contributed by atoms with Crippen LogP contribution < -0.4 is 9.62 Å². The second-order valence-electron chi connectivity index (χ2n) is 6.36. The maximum absolute atomic E-state index is 11.8. The van der Waals surface area contributed by atoms with Crippen LogP contribution in [0, 0.1) is 5.92 Å². The van der Waals surface area contributed by atoms with Crippen LogP contribution in [-0.2, 0) is 16.4 Å². The van der Waals surface area contributed by atoms with Gasteiger partial charge in [-0.25, -0.2) is 13.2 Å². The lowest BCUT2D eigenvalue weighted by atomic mass is 10.0. The molecule has 136 valence electrons. The van der Waals surface area contributed by atoms with E-state index in [0.29, 0.717) is 23.6 Å². The molecule has 1 rings (SSSR count). The molecule has 0 aliphatic heterocycles. The van der Waals surface area contributed by atoms with Crippen molar-refractivity contribution >= 4 is 27.4 Å². The summed E-state index contributed by atoms with van der Waals surface area (Å²) >= 11 is 0. The second-order valence-corrected chi connectivity index (χ2v) is 8.11. The zero-order valence-electron chi connectivity index (χ0n) is 15.1. The minimum Gasteiger partial charge on any atom is -0.478 e. The lowest BCUT2D eigenvalue weighted by Gasteiger charge is -2.30. The van der Waals surface area contributed by atoms with Crippen molar-refractivity contribution in [3.05, 3.63) is 23.3 Å². The first-order chi connectivity index (χ1) is 11.1. The average molecular weight is 356 g/mol. The van der Waals surface area contributed by atoms with Crippen LogP contribution in [0.5, 0.6) is 0 Å². The molecule has 0 unspecified atom stereocenters. The van der Waals surface area contributed by atoms with E-state index < -0.39 is 16.0 Å². The number of carbonyl (C=O) groups is 1. The Morgan fingerprint density at radius 3 is 2.33 bits per heavy atom. The van der Waals surface area contributed by atoms with Crippen LogP contribution in [0.15, 0.2) is 12.1 Å². The van der Waals surface area contributed by atoms with Gasteiger partial charge in [-0.1, -0.05) is 27.7 Å². The molecule has 0 fully saturated rings. The number of aromatic carboxylic acids is 1. The van der Waals surface area contributed by atoms with Gasteiger partial charge in [-0.3, -0.25) is 4.72 Å². The average Bonchev–Trinajstić information content (AvgIpc) is 2.44. The Hall–Kier alpha value is -1.76. The quantitative estimate of drug-likeness (QED) is 0.709. The van der Waals surface area contributed by atoms with Crippen molar-refractivity contribution in [1.29, 1.82) is 0 Å². The summed E-state index contributed by atoms with van der Waals surface area (Å²) in [5.74, 6) is -0.660. The highest BCUT2D eigenvalue weighted by molar-refractivity contribution is 7.92. The zero-order chi connectivity index (χ0) is 18.5. The number of sulfonamides is 1. The van der Waals surface area contributed by atoms with E-state index in [0.717, 1.165) is 31.5 Å². The van der Waals surface area contributed by atoms with E-state index in [1.54, 1.807) is 12.1 Å². The first-order valence-corrected chi connectivity index (χ1v) is 10.1. The molecule has 0 saturated heterocycles. The van der Waals surface area contributed by atoms with Crippen molar-refractivity contribution in [1.82, 2.24) is 0 Å². The van der Waals surface area contributed by atoms with E-state index in [9.17, 15) is 18.3 Å². The second kappa shape index (κ2) is 8.37. The molecule has 0 amide bonds. The number of carboxylic acid groups (broad SMARTS) is 1. The van der Waals surface area contributed by atoms with Gasteiger partial charge in [0.2, 0.25) is 10.0 Å². The van der Waals surface area contributed by atoms with E-state index in [1.165, 1.54) is 0 Å². The van der Waals surface area contributed by atoms with Gasteiger partial charge in [0, 0.05) is 13.1 Å². The lowest BCUT2D eigenvalue weighted by molar-refractivity contribution is 0.0696. The van der Waals surface area contributed by atoms with E-state index in [1.807, 2.05) is 6.92 Å². The Kier molecular flexibility index (Phi) is 7.08. The molecular weight excluding hydrogens is 328 g/mol. The largest absolute Gasteiger partial charge is 0.478 e. The monoisotopic (exact) mass is 356 g/mol. The van der Waals surface area contributed by atoms with Crippen LogP contribution in [0.2, 0.25) is 0 Å². The fourth-order valence-electron chi connectivity index (χ4n) is 2.79. The predicted molar refractivity (Wildman–Crippen MR) is 98.6 cm³/mol. The number of carboxylic acids is 1. The Bertz CT molecular complexity index is 684. The first kappa shape index (κ1) is 20.3. The van der Waals surface area contributed by atoms with Crippen LogP contribution in [-0.4, -0.2) is 38.8 Å². The Balaban J connectivity index is 3.59. The predicted octanol–water partition coefficient (Wildman–Crippen LogP) is 3.19. The standard InChI is InChI=1S/C17H28N2O4S/c1-6-10-19(11-12(3)4)15-9-8-14(17(20)21)13(7-2)16(15)18-24(5,22)23/h8-9,12,18H,6-7,10-11H2,1-5H3,(H,20,21). The summed E-state index contributed by atoms with van der Waals surface area (Å²) < 4.78 is 26.2. The molecule has 0 saturated carbocycles.